The van der Waals surface area contributed by atoms with Gasteiger partial charge >= 0.3 is 0 Å². The van der Waals surface area contributed by atoms with Gasteiger partial charge in [-0.3, -0.25) is 9.69 Å². The van der Waals surface area contributed by atoms with Gasteiger partial charge in [0.1, 0.15) is 40.8 Å². The van der Waals surface area contributed by atoms with Crippen LogP contribution >= 0.6 is 0 Å². The number of carbonyl (C=O) groups is 1. The summed E-state index contributed by atoms with van der Waals surface area (Å²) in [5.74, 6) is 0.175. The molecule has 0 unspecified atom stereocenters. The number of imidazole rings is 1. The number of halogens is 3. The molecular formula is C44H47F3N12O3. The number of amides is 1. The van der Waals surface area contributed by atoms with E-state index in [4.69, 9.17) is 29.4 Å². The van der Waals surface area contributed by atoms with Gasteiger partial charge < -0.3 is 34.1 Å². The van der Waals surface area contributed by atoms with Crippen LogP contribution in [-0.2, 0) is 20.8 Å². The summed E-state index contributed by atoms with van der Waals surface area (Å²) in [5.41, 5.74) is 2.66. The minimum atomic E-state index is -0.780. The number of aromatic nitrogens is 7. The Hall–Kier alpha value is -5.85. The normalized spacial score (nSPS) is 23.1. The molecule has 2 aromatic carbocycles. The third-order valence-electron chi connectivity index (χ3n) is 13.8. The topological polar surface area (TPSA) is 135 Å². The number of nitrogens with zero attached hydrogens (tertiary/aromatic N) is 11. The number of methoxy groups -OCH3 is 1. The van der Waals surface area contributed by atoms with Crippen molar-refractivity contribution in [2.24, 2.45) is 0 Å². The van der Waals surface area contributed by atoms with E-state index in [9.17, 15) is 9.18 Å². The van der Waals surface area contributed by atoms with E-state index in [0.29, 0.717) is 76.8 Å². The van der Waals surface area contributed by atoms with Crippen LogP contribution in [0, 0.1) is 24.4 Å². The van der Waals surface area contributed by atoms with Gasteiger partial charge in [-0.1, -0.05) is 6.07 Å². The molecule has 4 fully saturated rings. The summed E-state index contributed by atoms with van der Waals surface area (Å²) >= 11 is 0. The molecule has 4 saturated heterocycles. The second kappa shape index (κ2) is 14.9. The minimum absolute atomic E-state index is 0.0459. The zero-order valence-electron chi connectivity index (χ0n) is 34.8. The maximum atomic E-state index is 15.5. The number of nitrogens with one attached hydrogen (secondary N) is 1. The molecule has 15 nitrogen and oxygen atoms in total. The van der Waals surface area contributed by atoms with Gasteiger partial charge in [0.05, 0.1) is 60.2 Å². The number of likely N-dealkylation sites (tertiary alicyclic amines) is 1. The van der Waals surface area contributed by atoms with Crippen LogP contribution in [0.3, 0.4) is 0 Å². The lowest BCUT2D eigenvalue weighted by atomic mass is 9.76. The summed E-state index contributed by atoms with van der Waals surface area (Å²) in [6.45, 7) is 6.97. The molecule has 4 aromatic heterocycles. The highest BCUT2D eigenvalue weighted by Gasteiger charge is 2.50. The average Bonchev–Trinajstić information content (AvgIpc) is 3.93. The summed E-state index contributed by atoms with van der Waals surface area (Å²) < 4.78 is 59.8. The highest BCUT2D eigenvalue weighted by molar-refractivity contribution is 5.94. The first-order valence-corrected chi connectivity index (χ1v) is 21.3. The molecule has 5 aliphatic rings. The lowest BCUT2D eigenvalue weighted by Crippen LogP contribution is -2.66. The molecule has 11 rings (SSSR count). The van der Waals surface area contributed by atoms with Gasteiger partial charge in [0.2, 0.25) is 11.9 Å². The molecule has 18 heteroatoms. The fourth-order valence-electron chi connectivity index (χ4n) is 10.3. The lowest BCUT2D eigenvalue weighted by molar-refractivity contribution is -0.132. The maximum Gasteiger partial charge on any atom is 0.245 e. The summed E-state index contributed by atoms with van der Waals surface area (Å²) in [6.07, 6.45) is 4.40. The van der Waals surface area contributed by atoms with Gasteiger partial charge in [0, 0.05) is 76.2 Å². The summed E-state index contributed by atoms with van der Waals surface area (Å²) in [4.78, 5) is 43.5. The number of fused-ring (bicyclic) bond motifs is 6. The minimum Gasteiger partial charge on any atom is -0.378 e. The molecule has 0 radical (unpaired) electrons. The van der Waals surface area contributed by atoms with E-state index < -0.39 is 29.6 Å². The molecule has 0 aliphatic carbocycles. The van der Waals surface area contributed by atoms with Crippen LogP contribution in [0.15, 0.2) is 54.7 Å². The van der Waals surface area contributed by atoms with Crippen LogP contribution in [0.1, 0.15) is 31.5 Å². The zero-order valence-corrected chi connectivity index (χ0v) is 34.8. The molecule has 3 atom stereocenters. The van der Waals surface area contributed by atoms with Crippen LogP contribution in [0.5, 0.6) is 0 Å². The fourth-order valence-corrected chi connectivity index (χ4v) is 10.3. The van der Waals surface area contributed by atoms with Crippen LogP contribution < -0.4 is 15.1 Å². The van der Waals surface area contributed by atoms with Crippen molar-refractivity contribution in [3.05, 3.63) is 78.0 Å². The van der Waals surface area contributed by atoms with E-state index in [-0.39, 0.29) is 29.7 Å². The fraction of sp³-hybridized carbons (Fsp3) is 0.455. The number of hydrogen-bond donors (Lipinski definition) is 1. The number of pyridine rings is 1. The van der Waals surface area contributed by atoms with Crippen molar-refractivity contribution in [3.63, 3.8) is 0 Å². The summed E-state index contributed by atoms with van der Waals surface area (Å²) in [6, 6.07) is 11.4. The Kier molecular flexibility index (Phi) is 9.38. The number of rotatable bonds is 5. The third-order valence-corrected chi connectivity index (χ3v) is 13.8. The Morgan fingerprint density at radius 1 is 0.919 bits per heavy atom. The molecule has 0 saturated carbocycles. The van der Waals surface area contributed by atoms with Crippen LogP contribution in [0.25, 0.3) is 39.0 Å². The molecule has 6 aromatic rings. The molecule has 62 heavy (non-hydrogen) atoms. The molecule has 322 valence electrons. The number of anilines is 3. The predicted octanol–water partition coefficient (Wildman–Crippen LogP) is 4.94. The Bertz CT molecular complexity index is 2730. The zero-order chi connectivity index (χ0) is 42.4. The first-order valence-electron chi connectivity index (χ1n) is 21.3. The van der Waals surface area contributed by atoms with Crippen molar-refractivity contribution < 1.29 is 27.4 Å². The van der Waals surface area contributed by atoms with E-state index in [2.05, 4.69) is 20.2 Å². The molecule has 1 spiro atoms. The molecule has 5 aliphatic heterocycles. The third kappa shape index (κ3) is 6.44. The number of piperidine rings is 1. The number of ether oxygens (including phenoxy) is 2. The van der Waals surface area contributed by atoms with Gasteiger partial charge in [-0.25, -0.2) is 27.8 Å². The van der Waals surface area contributed by atoms with Gasteiger partial charge in [-0.05, 0) is 62.9 Å². The monoisotopic (exact) mass is 848 g/mol. The Morgan fingerprint density at radius 3 is 2.48 bits per heavy atom. The first-order chi connectivity index (χ1) is 30.1. The second-order valence-electron chi connectivity index (χ2n) is 17.4. The Labute approximate surface area is 355 Å². The number of benzene rings is 2. The van der Waals surface area contributed by atoms with Gasteiger partial charge in [0.15, 0.2) is 11.5 Å². The van der Waals surface area contributed by atoms with Crippen molar-refractivity contribution in [2.75, 3.05) is 75.2 Å². The molecular weight excluding hydrogens is 802 g/mol. The largest absolute Gasteiger partial charge is 0.378 e. The quantitative estimate of drug-likeness (QED) is 0.252. The maximum absolute atomic E-state index is 15.5. The van der Waals surface area contributed by atoms with Crippen LogP contribution in [-0.4, -0.2) is 140 Å². The van der Waals surface area contributed by atoms with E-state index in [1.807, 2.05) is 34.6 Å². The van der Waals surface area contributed by atoms with Gasteiger partial charge in [0.25, 0.3) is 0 Å². The Morgan fingerprint density at radius 2 is 1.74 bits per heavy atom. The molecule has 9 heterocycles. The number of aryl methyl sites for hydroxylation is 1. The van der Waals surface area contributed by atoms with Gasteiger partial charge in [-0.15, -0.1) is 0 Å². The standard InChI is InChI=1S/C44H47F3N12O3/c1-25-49-35-17-27(46)15-31-34-5-4-6-38(51-34)50-28-18-37(42(60)54(2)21-30(61-3)22-56(25)39(31)35)57(20-28)40-32-19-48-59(36-8-7-26(45)16-33(36)47)41(32)53-43(52-40)58-14-11-44(58)9-12-55(13-10-44)29-23-62-24-29/h4-8,15-17,19,28-30,37H,9-14,18,20-24H2,1-3H3,(H,50,51)/t28-,30-,37-/m0/s1. The molecule has 4 bridgehead atoms. The van der Waals surface area contributed by atoms with E-state index in [1.165, 1.54) is 28.9 Å². The van der Waals surface area contributed by atoms with Crippen molar-refractivity contribution >= 4 is 45.6 Å². The SMILES string of the molecule is CO[C@H]1CN(C)C(=O)[C@@H]2C[C@@H](CN2c2nc(N3CCC34CCN(C3COC3)CC4)nc3c2cnn3-c2ccc(F)cc2F)Nc2cccc(n2)-c2cc(F)cc3nc(C)n(c23)C1. The molecule has 1 amide bonds. The van der Waals surface area contributed by atoms with Crippen molar-refractivity contribution in [1.82, 2.24) is 44.1 Å². The van der Waals surface area contributed by atoms with Gasteiger partial charge in [-0.2, -0.15) is 15.1 Å². The number of carbonyl (C=O) groups excluding carboxylic acids is 1. The Balaban J connectivity index is 1.02. The number of hydrogen-bond acceptors (Lipinski definition) is 12. The summed E-state index contributed by atoms with van der Waals surface area (Å²) in [7, 11) is 3.39. The van der Waals surface area contributed by atoms with Crippen LogP contribution in [0.2, 0.25) is 0 Å². The number of likely N-dealkylation sites (N-methyl/N-ethyl adjacent to an activating group) is 1. The van der Waals surface area contributed by atoms with Crippen LogP contribution in [0.4, 0.5) is 30.8 Å². The lowest BCUT2D eigenvalue weighted by Gasteiger charge is -2.57. The smallest absolute Gasteiger partial charge is 0.245 e. The van der Waals surface area contributed by atoms with Crippen molar-refractivity contribution in [2.45, 2.75) is 68.9 Å². The predicted molar refractivity (Wildman–Crippen MR) is 226 cm³/mol. The van der Waals surface area contributed by atoms with E-state index in [0.717, 1.165) is 63.7 Å². The highest BCUT2D eigenvalue weighted by Crippen LogP contribution is 2.44. The summed E-state index contributed by atoms with van der Waals surface area (Å²) in [5, 5.41) is 8.74. The first kappa shape index (κ1) is 39.0. The van der Waals surface area contributed by atoms with Crippen molar-refractivity contribution in [3.8, 4) is 16.9 Å². The van der Waals surface area contributed by atoms with E-state index >= 15 is 8.78 Å². The highest BCUT2D eigenvalue weighted by atomic mass is 19.1. The van der Waals surface area contributed by atoms with Crippen molar-refractivity contribution in [1.29, 1.82) is 0 Å². The molecule has 1 N–H and O–H groups in total. The second-order valence-corrected chi connectivity index (χ2v) is 17.4. The average molecular weight is 849 g/mol. The van der Waals surface area contributed by atoms with E-state index in [1.54, 1.807) is 25.3 Å².